The minimum absolute atomic E-state index is 0.129. The van der Waals surface area contributed by atoms with Crippen molar-refractivity contribution in [2.24, 2.45) is 5.92 Å². The summed E-state index contributed by atoms with van der Waals surface area (Å²) in [6, 6.07) is 7.45. The summed E-state index contributed by atoms with van der Waals surface area (Å²) < 4.78 is 7.38. The van der Waals surface area contributed by atoms with Gasteiger partial charge in [0.2, 0.25) is 11.8 Å². The largest absolute Gasteiger partial charge is 0.438 e. The van der Waals surface area contributed by atoms with Crippen molar-refractivity contribution >= 4 is 34.4 Å². The minimum atomic E-state index is -0.654. The molecule has 0 bridgehead atoms. The molecule has 226 valence electrons. The third-order valence-corrected chi connectivity index (χ3v) is 9.78. The number of piperidine rings is 2. The fourth-order valence-electron chi connectivity index (χ4n) is 7.39. The number of pyridine rings is 1. The second-order valence-electron chi connectivity index (χ2n) is 12.7. The molecule has 0 radical (unpaired) electrons. The molecule has 4 saturated heterocycles. The molecule has 0 aliphatic carbocycles. The Morgan fingerprint density at radius 1 is 1.02 bits per heavy atom. The first-order valence-electron chi connectivity index (χ1n) is 15.7. The van der Waals surface area contributed by atoms with Crippen molar-refractivity contribution in [2.75, 3.05) is 44.2 Å². The third kappa shape index (κ3) is 5.53. The summed E-state index contributed by atoms with van der Waals surface area (Å²) >= 11 is 0. The average molecular weight is 578 g/mol. The lowest BCUT2D eigenvalue weighted by Crippen LogP contribution is -2.65. The van der Waals surface area contributed by atoms with Gasteiger partial charge in [-0.05, 0) is 67.7 Å². The molecule has 10 nitrogen and oxygen atoms in total. The number of amides is 3. The summed E-state index contributed by atoms with van der Waals surface area (Å²) in [6.45, 7) is 9.71. The number of carbonyl (C=O) groups is 3. The van der Waals surface area contributed by atoms with Gasteiger partial charge in [0.15, 0.2) is 5.60 Å². The maximum absolute atomic E-state index is 13.2. The maximum atomic E-state index is 13.2. The molecular formula is C32H43N5O5. The zero-order valence-electron chi connectivity index (χ0n) is 24.8. The number of likely N-dealkylation sites (tertiary alicyclic amines) is 1. The summed E-state index contributed by atoms with van der Waals surface area (Å²) in [5.74, 6) is -0.0958. The number of rotatable bonds is 9. The Balaban J connectivity index is 1.01. The lowest BCUT2D eigenvalue weighted by Gasteiger charge is -2.48. The van der Waals surface area contributed by atoms with E-state index in [2.05, 4.69) is 35.0 Å². The monoisotopic (exact) mass is 577 g/mol. The van der Waals surface area contributed by atoms with Gasteiger partial charge in [-0.2, -0.15) is 0 Å². The topological polar surface area (TPSA) is 104 Å². The van der Waals surface area contributed by atoms with Gasteiger partial charge < -0.3 is 19.1 Å². The number of unbranched alkanes of at least 4 members (excludes halogenated alkanes) is 1. The van der Waals surface area contributed by atoms with E-state index in [0.29, 0.717) is 17.7 Å². The number of hydrogen-bond acceptors (Lipinski definition) is 7. The van der Waals surface area contributed by atoms with Crippen molar-refractivity contribution in [1.29, 1.82) is 0 Å². The molecule has 2 aromatic rings. The van der Waals surface area contributed by atoms with Crippen LogP contribution < -0.4 is 15.8 Å². The number of benzene rings is 1. The standard InChI is InChI=1S/C32H43N5O5/c1-3-5-6-24(4-2)37-21-32(42-31(37)41)19-34(20-32)18-22-11-14-35(15-12-22)25-7-8-26-23(17-25)13-16-36(30(26)40)27-9-10-28(38)33-29(27)39/h7-8,13,16-17,22,24,27H,3-6,9-12,14-15,18-21H2,1-2H3,(H,33,38,39). The molecule has 42 heavy (non-hydrogen) atoms. The number of imide groups is 1. The van der Waals surface area contributed by atoms with Crippen LogP contribution in [0.25, 0.3) is 10.8 Å². The highest BCUT2D eigenvalue weighted by atomic mass is 16.6. The van der Waals surface area contributed by atoms with Crippen LogP contribution in [0.5, 0.6) is 0 Å². The second kappa shape index (κ2) is 11.7. The Kier molecular flexibility index (Phi) is 8.00. The maximum Gasteiger partial charge on any atom is 0.410 e. The fraction of sp³-hybridized carbons (Fsp3) is 0.625. The van der Waals surface area contributed by atoms with E-state index in [1.807, 2.05) is 23.1 Å². The third-order valence-electron chi connectivity index (χ3n) is 9.78. The normalized spacial score (nSPS) is 23.8. The van der Waals surface area contributed by atoms with E-state index in [-0.39, 0.29) is 35.6 Å². The molecule has 10 heteroatoms. The highest BCUT2D eigenvalue weighted by molar-refractivity contribution is 5.99. The van der Waals surface area contributed by atoms with Gasteiger partial charge in [0.05, 0.1) is 6.54 Å². The molecule has 1 spiro atoms. The van der Waals surface area contributed by atoms with Crippen LogP contribution in [-0.4, -0.2) is 83.2 Å². The lowest BCUT2D eigenvalue weighted by atomic mass is 9.89. The second-order valence-corrected chi connectivity index (χ2v) is 12.7. The molecule has 1 aromatic carbocycles. The Morgan fingerprint density at radius 2 is 1.81 bits per heavy atom. The predicted molar refractivity (Wildman–Crippen MR) is 161 cm³/mol. The van der Waals surface area contributed by atoms with Crippen LogP contribution in [0.4, 0.5) is 10.5 Å². The van der Waals surface area contributed by atoms with Gasteiger partial charge in [0.1, 0.15) is 6.04 Å². The van der Waals surface area contributed by atoms with Crippen LogP contribution >= 0.6 is 0 Å². The first-order valence-corrected chi connectivity index (χ1v) is 15.7. The van der Waals surface area contributed by atoms with Crippen molar-refractivity contribution in [1.82, 2.24) is 19.7 Å². The molecule has 2 unspecified atom stereocenters. The van der Waals surface area contributed by atoms with E-state index < -0.39 is 11.9 Å². The van der Waals surface area contributed by atoms with Gasteiger partial charge in [-0.1, -0.05) is 26.7 Å². The molecule has 4 aliphatic heterocycles. The minimum Gasteiger partial charge on any atom is -0.438 e. The molecule has 0 saturated carbocycles. The summed E-state index contributed by atoms with van der Waals surface area (Å²) in [5, 5.41) is 3.77. The first-order chi connectivity index (χ1) is 20.3. The zero-order valence-corrected chi connectivity index (χ0v) is 24.8. The summed E-state index contributed by atoms with van der Waals surface area (Å²) in [4.78, 5) is 56.5. The number of anilines is 1. The highest BCUT2D eigenvalue weighted by Crippen LogP contribution is 2.36. The molecule has 4 fully saturated rings. The lowest BCUT2D eigenvalue weighted by molar-refractivity contribution is -0.135. The van der Waals surface area contributed by atoms with Crippen LogP contribution in [0.2, 0.25) is 0 Å². The summed E-state index contributed by atoms with van der Waals surface area (Å²) in [5.41, 5.74) is 0.578. The van der Waals surface area contributed by atoms with Crippen LogP contribution in [0.15, 0.2) is 35.3 Å². The van der Waals surface area contributed by atoms with E-state index >= 15 is 0 Å². The van der Waals surface area contributed by atoms with E-state index in [1.54, 1.807) is 6.20 Å². The first kappa shape index (κ1) is 28.7. The van der Waals surface area contributed by atoms with Crippen molar-refractivity contribution in [3.8, 4) is 0 Å². The number of ether oxygens (including phenoxy) is 1. The van der Waals surface area contributed by atoms with Gasteiger partial charge in [0, 0.05) is 62.5 Å². The molecule has 3 amide bonds. The number of fused-ring (bicyclic) bond motifs is 1. The molecule has 1 N–H and O–H groups in total. The number of nitrogens with zero attached hydrogens (tertiary/aromatic N) is 4. The van der Waals surface area contributed by atoms with Crippen LogP contribution in [0, 0.1) is 5.92 Å². The van der Waals surface area contributed by atoms with Crippen molar-refractivity contribution in [3.63, 3.8) is 0 Å². The number of hydrogen-bond donors (Lipinski definition) is 1. The number of nitrogens with one attached hydrogen (secondary N) is 1. The average Bonchev–Trinajstić information content (AvgIpc) is 3.31. The molecule has 2 atom stereocenters. The van der Waals surface area contributed by atoms with E-state index in [1.165, 1.54) is 4.57 Å². The number of aromatic nitrogens is 1. The highest BCUT2D eigenvalue weighted by Gasteiger charge is 2.54. The molecule has 4 aliphatic rings. The van der Waals surface area contributed by atoms with Crippen LogP contribution in [0.1, 0.15) is 71.3 Å². The Labute approximate surface area is 247 Å². The molecular weight excluding hydrogens is 534 g/mol. The van der Waals surface area contributed by atoms with E-state index in [0.717, 1.165) is 88.9 Å². The number of carbonyl (C=O) groups excluding carboxylic acids is 3. The molecule has 6 rings (SSSR count). The van der Waals surface area contributed by atoms with E-state index in [9.17, 15) is 19.2 Å². The van der Waals surface area contributed by atoms with Crippen molar-refractivity contribution in [3.05, 3.63) is 40.8 Å². The Hall–Kier alpha value is -3.40. The molecule has 1 aromatic heterocycles. The van der Waals surface area contributed by atoms with Crippen molar-refractivity contribution in [2.45, 2.75) is 82.9 Å². The van der Waals surface area contributed by atoms with Crippen LogP contribution in [0.3, 0.4) is 0 Å². The summed E-state index contributed by atoms with van der Waals surface area (Å²) in [6.07, 6.45) is 8.63. The fourth-order valence-corrected chi connectivity index (χ4v) is 7.39. The van der Waals surface area contributed by atoms with Gasteiger partial charge in [-0.3, -0.25) is 24.6 Å². The van der Waals surface area contributed by atoms with Gasteiger partial charge in [-0.15, -0.1) is 0 Å². The predicted octanol–water partition coefficient (Wildman–Crippen LogP) is 3.67. The smallest absolute Gasteiger partial charge is 0.410 e. The van der Waals surface area contributed by atoms with Crippen molar-refractivity contribution < 1.29 is 19.1 Å². The zero-order chi connectivity index (χ0) is 29.4. The Morgan fingerprint density at radius 3 is 2.52 bits per heavy atom. The SMILES string of the molecule is CCCCC(CC)N1CC2(CN(CC3CCN(c4ccc5c(=O)n(C6CCC(=O)NC6=O)ccc5c4)CC3)C2)OC1=O. The van der Waals surface area contributed by atoms with Crippen LogP contribution in [-0.2, 0) is 14.3 Å². The molecule has 5 heterocycles. The Bertz CT molecular complexity index is 1410. The van der Waals surface area contributed by atoms with Gasteiger partial charge in [0.25, 0.3) is 5.56 Å². The quantitative estimate of drug-likeness (QED) is 0.454. The van der Waals surface area contributed by atoms with E-state index in [4.69, 9.17) is 4.74 Å². The van der Waals surface area contributed by atoms with Gasteiger partial charge >= 0.3 is 6.09 Å². The van der Waals surface area contributed by atoms with Gasteiger partial charge in [-0.25, -0.2) is 4.79 Å². The summed E-state index contributed by atoms with van der Waals surface area (Å²) in [7, 11) is 0.